The second kappa shape index (κ2) is 5.90. The van der Waals surface area contributed by atoms with Crippen molar-refractivity contribution < 1.29 is 4.79 Å². The molecule has 1 N–H and O–H groups in total. The lowest BCUT2D eigenvalue weighted by Crippen LogP contribution is -2.31. The van der Waals surface area contributed by atoms with Crippen molar-refractivity contribution in [1.82, 2.24) is 15.1 Å². The van der Waals surface area contributed by atoms with E-state index in [0.717, 1.165) is 37.2 Å². The summed E-state index contributed by atoms with van der Waals surface area (Å²) in [5, 5.41) is 7.03. The van der Waals surface area contributed by atoms with Gasteiger partial charge in [-0.1, -0.05) is 43.2 Å². The van der Waals surface area contributed by atoms with Gasteiger partial charge in [-0.3, -0.25) is 9.89 Å². The molecule has 1 saturated heterocycles. The van der Waals surface area contributed by atoms with Crippen LogP contribution in [0.4, 0.5) is 0 Å². The Morgan fingerprint density at radius 3 is 2.45 bits per heavy atom. The topological polar surface area (TPSA) is 49.0 Å². The number of carbonyl (C=O) groups excluding carboxylic acids is 1. The van der Waals surface area contributed by atoms with Gasteiger partial charge in [0.1, 0.15) is 0 Å². The molecule has 2 aromatic rings. The maximum Gasteiger partial charge on any atom is 0.257 e. The lowest BCUT2D eigenvalue weighted by Gasteiger charge is -2.20. The van der Waals surface area contributed by atoms with Gasteiger partial charge in [-0.15, -0.1) is 0 Å². The summed E-state index contributed by atoms with van der Waals surface area (Å²) in [4.78, 5) is 14.6. The van der Waals surface area contributed by atoms with Gasteiger partial charge in [0.15, 0.2) is 0 Å². The first-order valence-corrected chi connectivity index (χ1v) is 7.24. The Labute approximate surface area is 118 Å². The standard InChI is InChI=1S/C16H19N3O/c20-16(19-10-6-1-2-7-11-19)14-12-17-18-15(14)13-8-4-3-5-9-13/h3-5,8-9,12H,1-2,6-7,10-11H2,(H,17,18). The van der Waals surface area contributed by atoms with Crippen LogP contribution >= 0.6 is 0 Å². The molecule has 2 heterocycles. The van der Waals surface area contributed by atoms with E-state index in [1.165, 1.54) is 12.8 Å². The molecule has 1 fully saturated rings. The number of hydrogen-bond donors (Lipinski definition) is 1. The van der Waals surface area contributed by atoms with Gasteiger partial charge in [0.05, 0.1) is 17.5 Å². The van der Waals surface area contributed by atoms with Gasteiger partial charge in [-0.25, -0.2) is 0 Å². The van der Waals surface area contributed by atoms with Crippen LogP contribution in [-0.2, 0) is 0 Å². The third-order valence-electron chi connectivity index (χ3n) is 3.83. The number of carbonyl (C=O) groups is 1. The monoisotopic (exact) mass is 269 g/mol. The first-order valence-electron chi connectivity index (χ1n) is 7.24. The van der Waals surface area contributed by atoms with E-state index in [2.05, 4.69) is 10.2 Å². The van der Waals surface area contributed by atoms with Crippen LogP contribution in [0.2, 0.25) is 0 Å². The van der Waals surface area contributed by atoms with E-state index in [1.807, 2.05) is 35.2 Å². The molecule has 1 amide bonds. The predicted octanol–water partition coefficient (Wildman–Crippen LogP) is 3.09. The first-order chi connectivity index (χ1) is 9.86. The molecule has 0 spiro atoms. The fourth-order valence-electron chi connectivity index (χ4n) is 2.72. The van der Waals surface area contributed by atoms with Crippen molar-refractivity contribution in [3.05, 3.63) is 42.1 Å². The van der Waals surface area contributed by atoms with Gasteiger partial charge in [0, 0.05) is 18.7 Å². The van der Waals surface area contributed by atoms with Crippen LogP contribution in [0, 0.1) is 0 Å². The minimum atomic E-state index is 0.0968. The molecule has 0 aliphatic carbocycles. The Bertz CT molecular complexity index is 568. The van der Waals surface area contributed by atoms with Crippen molar-refractivity contribution in [3.63, 3.8) is 0 Å². The Balaban J connectivity index is 1.87. The quantitative estimate of drug-likeness (QED) is 0.910. The van der Waals surface area contributed by atoms with Crippen molar-refractivity contribution in [2.24, 2.45) is 0 Å². The van der Waals surface area contributed by atoms with Crippen molar-refractivity contribution in [1.29, 1.82) is 0 Å². The minimum Gasteiger partial charge on any atom is -0.339 e. The van der Waals surface area contributed by atoms with Gasteiger partial charge in [-0.05, 0) is 12.8 Å². The van der Waals surface area contributed by atoms with Gasteiger partial charge in [0.25, 0.3) is 5.91 Å². The van der Waals surface area contributed by atoms with Gasteiger partial charge in [-0.2, -0.15) is 5.10 Å². The molecule has 0 bridgehead atoms. The number of H-pyrrole nitrogens is 1. The van der Waals surface area contributed by atoms with E-state index >= 15 is 0 Å². The summed E-state index contributed by atoms with van der Waals surface area (Å²) in [7, 11) is 0. The number of benzene rings is 1. The molecule has 104 valence electrons. The SMILES string of the molecule is O=C(c1cn[nH]c1-c1ccccc1)N1CCCCCC1. The molecule has 4 nitrogen and oxygen atoms in total. The van der Waals surface area contributed by atoms with Gasteiger partial charge < -0.3 is 4.90 Å². The lowest BCUT2D eigenvalue weighted by molar-refractivity contribution is 0.0762. The lowest BCUT2D eigenvalue weighted by atomic mass is 10.1. The van der Waals surface area contributed by atoms with Crippen LogP contribution in [-0.4, -0.2) is 34.1 Å². The summed E-state index contributed by atoms with van der Waals surface area (Å²) < 4.78 is 0. The van der Waals surface area contributed by atoms with Crippen LogP contribution in [0.15, 0.2) is 36.5 Å². The zero-order valence-electron chi connectivity index (χ0n) is 11.5. The summed E-state index contributed by atoms with van der Waals surface area (Å²) in [6.45, 7) is 1.72. The molecule has 20 heavy (non-hydrogen) atoms. The largest absolute Gasteiger partial charge is 0.339 e. The van der Waals surface area contributed by atoms with Crippen molar-refractivity contribution in [3.8, 4) is 11.3 Å². The van der Waals surface area contributed by atoms with E-state index < -0.39 is 0 Å². The molecule has 1 aliphatic heterocycles. The summed E-state index contributed by atoms with van der Waals surface area (Å²) >= 11 is 0. The Morgan fingerprint density at radius 2 is 1.75 bits per heavy atom. The number of amides is 1. The van der Waals surface area contributed by atoms with E-state index in [-0.39, 0.29) is 5.91 Å². The molecule has 1 aromatic heterocycles. The molecular weight excluding hydrogens is 250 g/mol. The molecule has 0 atom stereocenters. The highest BCUT2D eigenvalue weighted by Crippen LogP contribution is 2.23. The summed E-state index contributed by atoms with van der Waals surface area (Å²) in [5.41, 5.74) is 2.50. The maximum absolute atomic E-state index is 12.7. The number of hydrogen-bond acceptors (Lipinski definition) is 2. The van der Waals surface area contributed by atoms with Crippen molar-refractivity contribution in [2.75, 3.05) is 13.1 Å². The Hall–Kier alpha value is -2.10. The zero-order chi connectivity index (χ0) is 13.8. The second-order valence-corrected chi connectivity index (χ2v) is 5.23. The fraction of sp³-hybridized carbons (Fsp3) is 0.375. The normalized spacial score (nSPS) is 15.9. The summed E-state index contributed by atoms with van der Waals surface area (Å²) in [6, 6.07) is 9.89. The molecule has 1 aliphatic rings. The highest BCUT2D eigenvalue weighted by atomic mass is 16.2. The molecule has 4 heteroatoms. The van der Waals surface area contributed by atoms with Gasteiger partial charge in [0.2, 0.25) is 0 Å². The average molecular weight is 269 g/mol. The minimum absolute atomic E-state index is 0.0968. The smallest absolute Gasteiger partial charge is 0.257 e. The molecule has 0 saturated carbocycles. The molecule has 1 aromatic carbocycles. The van der Waals surface area contributed by atoms with E-state index in [9.17, 15) is 4.79 Å². The number of nitrogens with one attached hydrogen (secondary N) is 1. The third kappa shape index (κ3) is 2.59. The molecule has 0 radical (unpaired) electrons. The Morgan fingerprint density at radius 1 is 1.05 bits per heavy atom. The molecule has 3 rings (SSSR count). The van der Waals surface area contributed by atoms with Crippen LogP contribution in [0.5, 0.6) is 0 Å². The van der Waals surface area contributed by atoms with E-state index in [4.69, 9.17) is 0 Å². The highest BCUT2D eigenvalue weighted by Gasteiger charge is 2.21. The second-order valence-electron chi connectivity index (χ2n) is 5.23. The van der Waals surface area contributed by atoms with E-state index in [0.29, 0.717) is 5.56 Å². The Kier molecular flexibility index (Phi) is 3.81. The first kappa shape index (κ1) is 12.9. The average Bonchev–Trinajstić information content (AvgIpc) is 2.82. The predicted molar refractivity (Wildman–Crippen MR) is 78.4 cm³/mol. The molecule has 0 unspecified atom stereocenters. The number of aromatic nitrogens is 2. The van der Waals surface area contributed by atoms with Crippen LogP contribution < -0.4 is 0 Å². The summed E-state index contributed by atoms with van der Waals surface area (Å²) in [5.74, 6) is 0.0968. The summed E-state index contributed by atoms with van der Waals surface area (Å²) in [6.07, 6.45) is 6.30. The number of likely N-dealkylation sites (tertiary alicyclic amines) is 1. The van der Waals surface area contributed by atoms with Crippen LogP contribution in [0.1, 0.15) is 36.0 Å². The van der Waals surface area contributed by atoms with Crippen LogP contribution in [0.25, 0.3) is 11.3 Å². The van der Waals surface area contributed by atoms with E-state index in [1.54, 1.807) is 6.20 Å². The fourth-order valence-corrected chi connectivity index (χ4v) is 2.72. The zero-order valence-corrected chi connectivity index (χ0v) is 11.5. The molecular formula is C16H19N3O. The third-order valence-corrected chi connectivity index (χ3v) is 3.83. The highest BCUT2D eigenvalue weighted by molar-refractivity contribution is 5.99. The van der Waals surface area contributed by atoms with Crippen molar-refractivity contribution in [2.45, 2.75) is 25.7 Å². The van der Waals surface area contributed by atoms with Crippen LogP contribution in [0.3, 0.4) is 0 Å². The van der Waals surface area contributed by atoms with Crippen molar-refractivity contribution >= 4 is 5.91 Å². The number of rotatable bonds is 2. The number of aromatic amines is 1. The maximum atomic E-state index is 12.7. The van der Waals surface area contributed by atoms with Gasteiger partial charge >= 0.3 is 0 Å². The number of nitrogens with zero attached hydrogens (tertiary/aromatic N) is 2.